The van der Waals surface area contributed by atoms with Crippen LogP contribution in [0.15, 0.2) is 28.8 Å². The van der Waals surface area contributed by atoms with E-state index in [9.17, 15) is 0 Å². The Morgan fingerprint density at radius 1 is 1.38 bits per heavy atom. The average Bonchev–Trinajstić information content (AvgIpc) is 2.86. The highest BCUT2D eigenvalue weighted by molar-refractivity contribution is 7.13. The number of aromatic nitrogens is 2. The van der Waals surface area contributed by atoms with Gasteiger partial charge in [0.2, 0.25) is 0 Å². The van der Waals surface area contributed by atoms with E-state index < -0.39 is 0 Å². The molecule has 0 aliphatic heterocycles. The summed E-state index contributed by atoms with van der Waals surface area (Å²) < 4.78 is 10.7. The van der Waals surface area contributed by atoms with E-state index in [4.69, 9.17) is 10.3 Å². The third kappa shape index (κ3) is 1.29. The number of aryl methyl sites for hydroxylation is 1. The minimum absolute atomic E-state index is 0.396. The van der Waals surface area contributed by atoms with Gasteiger partial charge in [-0.3, -0.25) is 0 Å². The van der Waals surface area contributed by atoms with Gasteiger partial charge in [0.1, 0.15) is 0 Å². The van der Waals surface area contributed by atoms with E-state index in [0.717, 1.165) is 21.3 Å². The van der Waals surface area contributed by atoms with Crippen LogP contribution in [0.5, 0.6) is 0 Å². The standard InChI is InChI=1S/C11H9N3OS/c1-6-11-7(8-5-10(12)13-15-8)3-2-4-9(11)16-14-6/h2-5H,1H3,(H2,12,13). The first-order chi connectivity index (χ1) is 7.75. The Hall–Kier alpha value is -1.88. The fraction of sp³-hybridized carbons (Fsp3) is 0.0909. The fourth-order valence-corrected chi connectivity index (χ4v) is 2.58. The molecule has 2 N–H and O–H groups in total. The molecule has 0 fully saturated rings. The van der Waals surface area contributed by atoms with Crippen molar-refractivity contribution in [1.82, 2.24) is 9.53 Å². The predicted molar refractivity (Wildman–Crippen MR) is 64.3 cm³/mol. The van der Waals surface area contributed by atoms with Crippen LogP contribution in [0.4, 0.5) is 5.82 Å². The first kappa shape index (κ1) is 9.35. The molecule has 0 aliphatic rings. The fourth-order valence-electron chi connectivity index (χ4n) is 1.76. The summed E-state index contributed by atoms with van der Waals surface area (Å²) in [4.78, 5) is 0. The van der Waals surface area contributed by atoms with E-state index in [-0.39, 0.29) is 0 Å². The predicted octanol–water partition coefficient (Wildman–Crippen LogP) is 2.84. The summed E-state index contributed by atoms with van der Waals surface area (Å²) in [7, 11) is 0. The van der Waals surface area contributed by atoms with Gasteiger partial charge >= 0.3 is 0 Å². The minimum Gasteiger partial charge on any atom is -0.381 e. The number of hydrogen-bond donors (Lipinski definition) is 1. The molecule has 3 aromatic rings. The first-order valence-corrected chi connectivity index (χ1v) is 5.60. The molecular formula is C11H9N3OS. The van der Waals surface area contributed by atoms with Gasteiger partial charge in [0, 0.05) is 17.0 Å². The summed E-state index contributed by atoms with van der Waals surface area (Å²) in [5, 5.41) is 4.81. The Morgan fingerprint density at radius 2 is 2.25 bits per heavy atom. The second kappa shape index (κ2) is 3.31. The van der Waals surface area contributed by atoms with Crippen molar-refractivity contribution in [2.75, 3.05) is 5.73 Å². The molecule has 0 radical (unpaired) electrons. The topological polar surface area (TPSA) is 64.9 Å². The molecule has 2 aromatic heterocycles. The number of fused-ring (bicyclic) bond motifs is 1. The summed E-state index contributed by atoms with van der Waals surface area (Å²) >= 11 is 1.49. The number of nitrogens with zero attached hydrogens (tertiary/aromatic N) is 2. The molecule has 0 aliphatic carbocycles. The molecule has 0 bridgehead atoms. The van der Waals surface area contributed by atoms with E-state index in [1.165, 1.54) is 11.5 Å². The number of benzene rings is 1. The second-order valence-electron chi connectivity index (χ2n) is 3.56. The van der Waals surface area contributed by atoms with Crippen molar-refractivity contribution in [3.63, 3.8) is 0 Å². The van der Waals surface area contributed by atoms with Gasteiger partial charge in [-0.1, -0.05) is 17.3 Å². The van der Waals surface area contributed by atoms with Crippen LogP contribution in [0.1, 0.15) is 5.69 Å². The van der Waals surface area contributed by atoms with Crippen molar-refractivity contribution in [3.8, 4) is 11.3 Å². The van der Waals surface area contributed by atoms with Gasteiger partial charge in [0.25, 0.3) is 0 Å². The van der Waals surface area contributed by atoms with Crippen LogP contribution in [0.3, 0.4) is 0 Å². The molecule has 80 valence electrons. The summed E-state index contributed by atoms with van der Waals surface area (Å²) in [5.41, 5.74) is 7.55. The van der Waals surface area contributed by atoms with Crippen LogP contribution in [0.25, 0.3) is 21.4 Å². The molecule has 0 saturated carbocycles. The maximum absolute atomic E-state index is 5.56. The zero-order chi connectivity index (χ0) is 11.1. The van der Waals surface area contributed by atoms with Crippen LogP contribution in [-0.4, -0.2) is 9.53 Å². The lowest BCUT2D eigenvalue weighted by Gasteiger charge is -1.98. The van der Waals surface area contributed by atoms with Crippen LogP contribution in [0, 0.1) is 6.92 Å². The largest absolute Gasteiger partial charge is 0.381 e. The molecular weight excluding hydrogens is 222 g/mol. The third-order valence-corrected chi connectivity index (χ3v) is 3.36. The van der Waals surface area contributed by atoms with Crippen molar-refractivity contribution in [2.24, 2.45) is 0 Å². The van der Waals surface area contributed by atoms with E-state index in [1.54, 1.807) is 6.07 Å². The van der Waals surface area contributed by atoms with E-state index in [1.807, 2.05) is 25.1 Å². The summed E-state index contributed by atoms with van der Waals surface area (Å²) in [6, 6.07) is 7.74. The van der Waals surface area contributed by atoms with Gasteiger partial charge in [-0.15, -0.1) is 0 Å². The van der Waals surface area contributed by atoms with E-state index >= 15 is 0 Å². The van der Waals surface area contributed by atoms with Crippen molar-refractivity contribution in [2.45, 2.75) is 6.92 Å². The highest BCUT2D eigenvalue weighted by Gasteiger charge is 2.12. The highest BCUT2D eigenvalue weighted by Crippen LogP contribution is 2.33. The molecule has 1 aromatic carbocycles. The average molecular weight is 231 g/mol. The Kier molecular flexibility index (Phi) is 1.94. The highest BCUT2D eigenvalue weighted by atomic mass is 32.1. The number of hydrogen-bond acceptors (Lipinski definition) is 5. The molecule has 0 amide bonds. The quantitative estimate of drug-likeness (QED) is 0.699. The zero-order valence-electron chi connectivity index (χ0n) is 8.60. The Morgan fingerprint density at radius 3 is 3.00 bits per heavy atom. The van der Waals surface area contributed by atoms with Gasteiger partial charge < -0.3 is 10.3 Å². The maximum Gasteiger partial charge on any atom is 0.169 e. The Balaban J connectivity index is 2.34. The molecule has 2 heterocycles. The van der Waals surface area contributed by atoms with Crippen LogP contribution < -0.4 is 5.73 Å². The smallest absolute Gasteiger partial charge is 0.169 e. The van der Waals surface area contributed by atoms with Gasteiger partial charge in [-0.25, -0.2) is 0 Å². The molecule has 0 saturated heterocycles. The SMILES string of the molecule is Cc1nsc2cccc(-c3cc(N)no3)c12. The normalized spacial score (nSPS) is 11.1. The van der Waals surface area contributed by atoms with Crippen LogP contribution in [0.2, 0.25) is 0 Å². The molecule has 0 spiro atoms. The molecule has 16 heavy (non-hydrogen) atoms. The molecule has 0 unspecified atom stereocenters. The second-order valence-corrected chi connectivity index (χ2v) is 4.37. The minimum atomic E-state index is 0.396. The van der Waals surface area contributed by atoms with Gasteiger partial charge in [-0.2, -0.15) is 4.37 Å². The molecule has 0 atom stereocenters. The van der Waals surface area contributed by atoms with Gasteiger partial charge in [0.05, 0.1) is 10.4 Å². The Labute approximate surface area is 95.8 Å². The summed E-state index contributed by atoms with van der Waals surface area (Å²) in [6.07, 6.45) is 0. The summed E-state index contributed by atoms with van der Waals surface area (Å²) in [5.74, 6) is 1.08. The monoisotopic (exact) mass is 231 g/mol. The lowest BCUT2D eigenvalue weighted by molar-refractivity contribution is 0.436. The van der Waals surface area contributed by atoms with E-state index in [0.29, 0.717) is 11.6 Å². The number of nitrogens with two attached hydrogens (primary N) is 1. The van der Waals surface area contributed by atoms with Crippen molar-refractivity contribution in [3.05, 3.63) is 30.0 Å². The lowest BCUT2D eigenvalue weighted by atomic mass is 10.1. The van der Waals surface area contributed by atoms with Crippen molar-refractivity contribution in [1.29, 1.82) is 0 Å². The third-order valence-electron chi connectivity index (χ3n) is 2.46. The van der Waals surface area contributed by atoms with E-state index in [2.05, 4.69) is 9.53 Å². The number of nitrogen functional groups attached to an aromatic ring is 1. The molecule has 5 heteroatoms. The van der Waals surface area contributed by atoms with Crippen LogP contribution >= 0.6 is 11.5 Å². The van der Waals surface area contributed by atoms with Crippen LogP contribution in [-0.2, 0) is 0 Å². The first-order valence-electron chi connectivity index (χ1n) is 4.83. The van der Waals surface area contributed by atoms with Crippen molar-refractivity contribution < 1.29 is 4.52 Å². The maximum atomic E-state index is 5.56. The molecule has 3 rings (SSSR count). The lowest BCUT2D eigenvalue weighted by Crippen LogP contribution is -1.80. The summed E-state index contributed by atoms with van der Waals surface area (Å²) in [6.45, 7) is 1.99. The molecule has 4 nitrogen and oxygen atoms in total. The van der Waals surface area contributed by atoms with Gasteiger partial charge in [0.15, 0.2) is 11.6 Å². The number of anilines is 1. The van der Waals surface area contributed by atoms with Gasteiger partial charge in [-0.05, 0) is 24.5 Å². The Bertz CT molecular complexity index is 656. The van der Waals surface area contributed by atoms with Crippen molar-refractivity contribution >= 4 is 27.4 Å². The number of rotatable bonds is 1. The zero-order valence-corrected chi connectivity index (χ0v) is 9.41.